The van der Waals surface area contributed by atoms with Gasteiger partial charge in [0.1, 0.15) is 0 Å². The predicted molar refractivity (Wildman–Crippen MR) is 113 cm³/mol. The molecule has 0 unspecified atom stereocenters. The SMILES string of the molecule is CC(=O)Nc1cc(C(=O)NCC(c2ccccc2)c2ccccc2)ccc1C. The quantitative estimate of drug-likeness (QED) is 0.669. The van der Waals surface area contributed by atoms with Gasteiger partial charge in [0.15, 0.2) is 0 Å². The molecule has 3 aromatic rings. The van der Waals surface area contributed by atoms with E-state index in [1.165, 1.54) is 6.92 Å². The van der Waals surface area contributed by atoms with Gasteiger partial charge in [-0.2, -0.15) is 0 Å². The number of amides is 2. The molecule has 4 nitrogen and oxygen atoms in total. The first-order valence-electron chi connectivity index (χ1n) is 9.31. The van der Waals surface area contributed by atoms with E-state index in [1.54, 1.807) is 12.1 Å². The Morgan fingerprint density at radius 3 is 1.96 bits per heavy atom. The molecule has 0 bridgehead atoms. The normalized spacial score (nSPS) is 10.5. The summed E-state index contributed by atoms with van der Waals surface area (Å²) in [6.45, 7) is 3.83. The van der Waals surface area contributed by atoms with E-state index in [2.05, 4.69) is 34.9 Å². The molecule has 0 aliphatic rings. The minimum Gasteiger partial charge on any atom is -0.351 e. The van der Waals surface area contributed by atoms with Crippen LogP contribution < -0.4 is 10.6 Å². The maximum Gasteiger partial charge on any atom is 0.251 e. The van der Waals surface area contributed by atoms with Crippen LogP contribution in [0.1, 0.15) is 39.9 Å². The van der Waals surface area contributed by atoms with E-state index < -0.39 is 0 Å². The lowest BCUT2D eigenvalue weighted by atomic mass is 9.91. The monoisotopic (exact) mass is 372 g/mol. The molecule has 0 radical (unpaired) electrons. The Balaban J connectivity index is 1.78. The molecule has 2 N–H and O–H groups in total. The summed E-state index contributed by atoms with van der Waals surface area (Å²) in [6.07, 6.45) is 0. The van der Waals surface area contributed by atoms with E-state index in [-0.39, 0.29) is 17.7 Å². The number of aryl methyl sites for hydroxylation is 1. The van der Waals surface area contributed by atoms with E-state index in [9.17, 15) is 9.59 Å². The predicted octanol–water partition coefficient (Wildman–Crippen LogP) is 4.52. The molecule has 0 fully saturated rings. The summed E-state index contributed by atoms with van der Waals surface area (Å²) in [5, 5.41) is 5.81. The third-order valence-corrected chi connectivity index (χ3v) is 4.68. The van der Waals surface area contributed by atoms with Crippen LogP contribution in [-0.2, 0) is 4.79 Å². The van der Waals surface area contributed by atoms with Crippen molar-refractivity contribution in [3.05, 3.63) is 101 Å². The first-order chi connectivity index (χ1) is 13.5. The topological polar surface area (TPSA) is 58.2 Å². The molecule has 0 saturated heterocycles. The van der Waals surface area contributed by atoms with Crippen LogP contribution in [0.15, 0.2) is 78.9 Å². The van der Waals surface area contributed by atoms with Gasteiger partial charge in [0.2, 0.25) is 5.91 Å². The van der Waals surface area contributed by atoms with Crippen molar-refractivity contribution in [2.24, 2.45) is 0 Å². The van der Waals surface area contributed by atoms with Crippen LogP contribution in [0.5, 0.6) is 0 Å². The van der Waals surface area contributed by atoms with Gasteiger partial charge >= 0.3 is 0 Å². The van der Waals surface area contributed by atoms with Crippen LogP contribution in [0.2, 0.25) is 0 Å². The Bertz CT molecular complexity index is 913. The van der Waals surface area contributed by atoms with Crippen LogP contribution in [0, 0.1) is 6.92 Å². The second kappa shape index (κ2) is 9.00. The number of anilines is 1. The molecule has 142 valence electrons. The Morgan fingerprint density at radius 2 is 1.43 bits per heavy atom. The number of hydrogen-bond acceptors (Lipinski definition) is 2. The van der Waals surface area contributed by atoms with Crippen molar-refractivity contribution in [1.82, 2.24) is 5.32 Å². The van der Waals surface area contributed by atoms with Gasteiger partial charge in [-0.15, -0.1) is 0 Å². The maximum atomic E-state index is 12.7. The van der Waals surface area contributed by atoms with Crippen LogP contribution in [0.25, 0.3) is 0 Å². The summed E-state index contributed by atoms with van der Waals surface area (Å²) in [5.74, 6) is -0.260. The van der Waals surface area contributed by atoms with Gasteiger partial charge in [-0.3, -0.25) is 9.59 Å². The van der Waals surface area contributed by atoms with E-state index >= 15 is 0 Å². The zero-order valence-corrected chi connectivity index (χ0v) is 16.1. The molecule has 3 rings (SSSR count). The van der Waals surface area contributed by atoms with Gasteiger partial charge in [0.05, 0.1) is 0 Å². The highest BCUT2D eigenvalue weighted by Gasteiger charge is 2.16. The van der Waals surface area contributed by atoms with Crippen molar-refractivity contribution in [2.45, 2.75) is 19.8 Å². The van der Waals surface area contributed by atoms with Crippen LogP contribution in [-0.4, -0.2) is 18.4 Å². The second-order valence-electron chi connectivity index (χ2n) is 6.79. The average molecular weight is 372 g/mol. The molecule has 28 heavy (non-hydrogen) atoms. The van der Waals surface area contributed by atoms with Gasteiger partial charge in [-0.25, -0.2) is 0 Å². The molecular weight excluding hydrogens is 348 g/mol. The van der Waals surface area contributed by atoms with Crippen molar-refractivity contribution in [1.29, 1.82) is 0 Å². The fraction of sp³-hybridized carbons (Fsp3) is 0.167. The lowest BCUT2D eigenvalue weighted by Crippen LogP contribution is -2.29. The fourth-order valence-corrected chi connectivity index (χ4v) is 3.18. The van der Waals surface area contributed by atoms with Crippen LogP contribution in [0.4, 0.5) is 5.69 Å². The lowest BCUT2D eigenvalue weighted by Gasteiger charge is -2.19. The van der Waals surface area contributed by atoms with Gasteiger partial charge in [-0.1, -0.05) is 66.7 Å². The second-order valence-corrected chi connectivity index (χ2v) is 6.79. The van der Waals surface area contributed by atoms with Crippen molar-refractivity contribution < 1.29 is 9.59 Å². The van der Waals surface area contributed by atoms with E-state index in [4.69, 9.17) is 0 Å². The number of hydrogen-bond donors (Lipinski definition) is 2. The summed E-state index contributed by atoms with van der Waals surface area (Å²) in [6, 6.07) is 25.6. The molecule has 0 aliphatic heterocycles. The summed E-state index contributed by atoms with van der Waals surface area (Å²) in [4.78, 5) is 24.1. The molecule has 3 aromatic carbocycles. The zero-order valence-electron chi connectivity index (χ0n) is 16.1. The van der Waals surface area contributed by atoms with E-state index in [0.717, 1.165) is 16.7 Å². The molecule has 4 heteroatoms. The first-order valence-corrected chi connectivity index (χ1v) is 9.31. The van der Waals surface area contributed by atoms with Crippen molar-refractivity contribution >= 4 is 17.5 Å². The fourth-order valence-electron chi connectivity index (χ4n) is 3.18. The van der Waals surface area contributed by atoms with Crippen molar-refractivity contribution in [2.75, 3.05) is 11.9 Å². The minimum absolute atomic E-state index is 0.0617. The Hall–Kier alpha value is -3.40. The van der Waals surface area contributed by atoms with Gasteiger partial charge < -0.3 is 10.6 Å². The van der Waals surface area contributed by atoms with E-state index in [1.807, 2.05) is 49.4 Å². The Kier molecular flexibility index (Phi) is 6.22. The summed E-state index contributed by atoms with van der Waals surface area (Å²) < 4.78 is 0. The third kappa shape index (κ3) is 4.86. The lowest BCUT2D eigenvalue weighted by molar-refractivity contribution is -0.114. The minimum atomic E-state index is -0.163. The number of benzene rings is 3. The highest BCUT2D eigenvalue weighted by Crippen LogP contribution is 2.24. The highest BCUT2D eigenvalue weighted by molar-refractivity contribution is 5.97. The molecule has 0 atom stereocenters. The smallest absolute Gasteiger partial charge is 0.251 e. The van der Waals surface area contributed by atoms with Crippen LogP contribution in [0.3, 0.4) is 0 Å². The third-order valence-electron chi connectivity index (χ3n) is 4.68. The molecule has 0 aromatic heterocycles. The van der Waals surface area contributed by atoms with E-state index in [0.29, 0.717) is 17.8 Å². The molecular formula is C24H24N2O2. The first kappa shape index (κ1) is 19.4. The van der Waals surface area contributed by atoms with Gasteiger partial charge in [0, 0.05) is 30.6 Å². The summed E-state index contributed by atoms with van der Waals surface area (Å²) >= 11 is 0. The molecule has 2 amide bonds. The summed E-state index contributed by atoms with van der Waals surface area (Å²) in [7, 11) is 0. The standard InChI is InChI=1S/C24H24N2O2/c1-17-13-14-21(15-23(17)26-18(2)27)24(28)25-16-22(19-9-5-3-6-10-19)20-11-7-4-8-12-20/h3-15,22H,16H2,1-2H3,(H,25,28)(H,26,27). The highest BCUT2D eigenvalue weighted by atomic mass is 16.2. The number of carbonyl (C=O) groups excluding carboxylic acids is 2. The van der Waals surface area contributed by atoms with Gasteiger partial charge in [0.25, 0.3) is 5.91 Å². The van der Waals surface area contributed by atoms with Crippen molar-refractivity contribution in [3.63, 3.8) is 0 Å². The van der Waals surface area contributed by atoms with Crippen LogP contribution >= 0.6 is 0 Å². The molecule has 0 heterocycles. The number of carbonyl (C=O) groups is 2. The van der Waals surface area contributed by atoms with Crippen molar-refractivity contribution in [3.8, 4) is 0 Å². The largest absolute Gasteiger partial charge is 0.351 e. The Morgan fingerprint density at radius 1 is 0.857 bits per heavy atom. The maximum absolute atomic E-state index is 12.7. The molecule has 0 aliphatic carbocycles. The average Bonchev–Trinajstić information content (AvgIpc) is 2.71. The summed E-state index contributed by atoms with van der Waals surface area (Å²) in [5.41, 5.74) is 4.39. The number of nitrogens with one attached hydrogen (secondary N) is 2. The Labute approximate surface area is 165 Å². The molecule has 0 spiro atoms. The zero-order chi connectivity index (χ0) is 19.9. The molecule has 0 saturated carbocycles. The van der Waals surface area contributed by atoms with Gasteiger partial charge in [-0.05, 0) is 35.7 Å². The number of rotatable bonds is 6.